The van der Waals surface area contributed by atoms with Crippen LogP contribution in [0.2, 0.25) is 0 Å². The Kier molecular flexibility index (Phi) is 3.79. The molecule has 0 amide bonds. The highest BCUT2D eigenvalue weighted by Gasteiger charge is 2.32. The number of thioether (sulfide) groups is 1. The molecule has 1 aromatic heterocycles. The second kappa shape index (κ2) is 5.54. The van der Waals surface area contributed by atoms with E-state index in [4.69, 9.17) is 4.74 Å². The predicted octanol–water partition coefficient (Wildman–Crippen LogP) is 1.26. The number of aromatic nitrogens is 2. The molecule has 0 spiro atoms. The van der Waals surface area contributed by atoms with E-state index in [0.29, 0.717) is 23.8 Å². The van der Waals surface area contributed by atoms with Gasteiger partial charge in [-0.3, -0.25) is 9.36 Å². The molecule has 3 rings (SSSR count). The van der Waals surface area contributed by atoms with Crippen LogP contribution >= 0.6 is 11.8 Å². The van der Waals surface area contributed by atoms with Gasteiger partial charge in [0.15, 0.2) is 5.16 Å². The first-order valence-corrected chi connectivity index (χ1v) is 7.80. The minimum Gasteiger partial charge on any atom is -0.478 e. The molecule has 0 radical (unpaired) electrons. The molecule has 2 aliphatic heterocycles. The van der Waals surface area contributed by atoms with Gasteiger partial charge in [-0.15, -0.1) is 0 Å². The van der Waals surface area contributed by atoms with E-state index in [1.807, 2.05) is 6.92 Å². The van der Waals surface area contributed by atoms with Gasteiger partial charge < -0.3 is 10.1 Å². The molecule has 0 saturated carbocycles. The third-order valence-corrected chi connectivity index (χ3v) is 4.96. The molecule has 0 aliphatic carbocycles. The molecule has 6 heteroatoms. The second-order valence-electron chi connectivity index (χ2n) is 4.97. The van der Waals surface area contributed by atoms with Crippen molar-refractivity contribution in [2.24, 2.45) is 0 Å². The van der Waals surface area contributed by atoms with Gasteiger partial charge in [-0.05, 0) is 26.3 Å². The zero-order valence-electron chi connectivity index (χ0n) is 11.1. The highest BCUT2D eigenvalue weighted by molar-refractivity contribution is 8.00. The molecule has 2 atom stereocenters. The van der Waals surface area contributed by atoms with Crippen molar-refractivity contribution in [3.63, 3.8) is 0 Å². The van der Waals surface area contributed by atoms with Crippen molar-refractivity contribution >= 4 is 11.8 Å². The fraction of sp³-hybridized carbons (Fsp3) is 0.692. The quantitative estimate of drug-likeness (QED) is 0.845. The van der Waals surface area contributed by atoms with Gasteiger partial charge in [-0.2, -0.15) is 4.98 Å². The number of piperidine rings is 1. The number of ether oxygens (including phenoxy) is 1. The number of fused-ring (bicyclic) bond motifs is 1. The maximum absolute atomic E-state index is 12.0. The summed E-state index contributed by atoms with van der Waals surface area (Å²) in [6.45, 7) is 4.28. The second-order valence-corrected chi connectivity index (χ2v) is 6.18. The lowest BCUT2D eigenvalue weighted by molar-refractivity contribution is 0.319. The Morgan fingerprint density at radius 2 is 2.47 bits per heavy atom. The monoisotopic (exact) mass is 281 g/mol. The van der Waals surface area contributed by atoms with Crippen molar-refractivity contribution in [1.29, 1.82) is 0 Å². The van der Waals surface area contributed by atoms with Gasteiger partial charge in [0, 0.05) is 17.8 Å². The summed E-state index contributed by atoms with van der Waals surface area (Å²) in [7, 11) is 0. The molecular formula is C13H19N3O2S. The zero-order valence-corrected chi connectivity index (χ0v) is 11.9. The fourth-order valence-corrected chi connectivity index (χ4v) is 4.03. The number of hydrogen-bond acceptors (Lipinski definition) is 5. The van der Waals surface area contributed by atoms with E-state index in [0.717, 1.165) is 18.2 Å². The summed E-state index contributed by atoms with van der Waals surface area (Å²) < 4.78 is 7.11. The standard InChI is InChI=1S/C13H19N3O2S/c1-2-18-11-7-12(17)16-8-10(19-13(16)15-11)9-5-3-4-6-14-9/h7,9-10,14H,2-6,8H2,1H3. The molecule has 1 aromatic rings. The van der Waals surface area contributed by atoms with Crippen molar-refractivity contribution in [1.82, 2.24) is 14.9 Å². The van der Waals surface area contributed by atoms with Crippen LogP contribution < -0.4 is 15.6 Å². The largest absolute Gasteiger partial charge is 0.478 e. The van der Waals surface area contributed by atoms with Crippen LogP contribution in [0.15, 0.2) is 16.0 Å². The molecule has 104 valence electrons. The van der Waals surface area contributed by atoms with Gasteiger partial charge >= 0.3 is 0 Å². The molecule has 0 aromatic carbocycles. The smallest absolute Gasteiger partial charge is 0.258 e. The summed E-state index contributed by atoms with van der Waals surface area (Å²) in [6, 6.07) is 1.99. The predicted molar refractivity (Wildman–Crippen MR) is 75.0 cm³/mol. The van der Waals surface area contributed by atoms with Gasteiger partial charge in [0.25, 0.3) is 5.56 Å². The minimum atomic E-state index is -0.000686. The summed E-state index contributed by atoms with van der Waals surface area (Å²) in [5, 5.41) is 4.77. The van der Waals surface area contributed by atoms with Gasteiger partial charge in [-0.25, -0.2) is 0 Å². The van der Waals surface area contributed by atoms with Crippen LogP contribution in [0, 0.1) is 0 Å². The topological polar surface area (TPSA) is 56.2 Å². The van der Waals surface area contributed by atoms with Crippen LogP contribution in [-0.2, 0) is 6.54 Å². The van der Waals surface area contributed by atoms with E-state index < -0.39 is 0 Å². The molecule has 1 N–H and O–H groups in total. The van der Waals surface area contributed by atoms with Crippen LogP contribution in [-0.4, -0.2) is 34.0 Å². The summed E-state index contributed by atoms with van der Waals surface area (Å²) in [4.78, 5) is 16.5. The lowest BCUT2D eigenvalue weighted by atomic mass is 10.0. The number of rotatable bonds is 3. The molecule has 3 heterocycles. The molecule has 2 aliphatic rings. The van der Waals surface area contributed by atoms with E-state index in [1.54, 1.807) is 16.3 Å². The molecule has 2 unspecified atom stereocenters. The molecule has 0 bridgehead atoms. The summed E-state index contributed by atoms with van der Waals surface area (Å²) in [5.41, 5.74) is -0.000686. The lowest BCUT2D eigenvalue weighted by Gasteiger charge is -2.27. The number of nitrogens with zero attached hydrogens (tertiary/aromatic N) is 2. The Morgan fingerprint density at radius 3 is 3.21 bits per heavy atom. The molecule has 1 saturated heterocycles. The van der Waals surface area contributed by atoms with Crippen LogP contribution in [0.5, 0.6) is 5.88 Å². The average molecular weight is 281 g/mol. The molecule has 1 fully saturated rings. The van der Waals surface area contributed by atoms with E-state index in [-0.39, 0.29) is 5.56 Å². The van der Waals surface area contributed by atoms with Gasteiger partial charge in [0.1, 0.15) is 0 Å². The van der Waals surface area contributed by atoms with Crippen LogP contribution in [0.25, 0.3) is 0 Å². The van der Waals surface area contributed by atoms with Gasteiger partial charge in [0.05, 0.1) is 12.7 Å². The van der Waals surface area contributed by atoms with Crippen LogP contribution in [0.1, 0.15) is 26.2 Å². The zero-order chi connectivity index (χ0) is 13.2. The number of hydrogen-bond donors (Lipinski definition) is 1. The minimum absolute atomic E-state index is 0.000686. The first kappa shape index (κ1) is 13.0. The van der Waals surface area contributed by atoms with E-state index in [1.165, 1.54) is 25.3 Å². The van der Waals surface area contributed by atoms with Gasteiger partial charge in [0.2, 0.25) is 5.88 Å². The van der Waals surface area contributed by atoms with Crippen molar-refractivity contribution in [2.75, 3.05) is 13.2 Å². The number of nitrogens with one attached hydrogen (secondary N) is 1. The van der Waals surface area contributed by atoms with E-state index in [9.17, 15) is 4.79 Å². The third kappa shape index (κ3) is 2.65. The summed E-state index contributed by atoms with van der Waals surface area (Å²) >= 11 is 1.71. The normalized spacial score (nSPS) is 26.2. The first-order chi connectivity index (χ1) is 9.28. The maximum Gasteiger partial charge on any atom is 0.258 e. The summed E-state index contributed by atoms with van der Waals surface area (Å²) in [5.74, 6) is 0.448. The van der Waals surface area contributed by atoms with Gasteiger partial charge in [-0.1, -0.05) is 18.2 Å². The average Bonchev–Trinajstić information content (AvgIpc) is 2.85. The Balaban J connectivity index is 1.79. The van der Waals surface area contributed by atoms with Crippen molar-refractivity contribution < 1.29 is 4.74 Å². The fourth-order valence-electron chi connectivity index (χ4n) is 2.70. The lowest BCUT2D eigenvalue weighted by Crippen LogP contribution is -2.42. The van der Waals surface area contributed by atoms with Crippen molar-refractivity contribution in [3.05, 3.63) is 16.4 Å². The van der Waals surface area contributed by atoms with Crippen molar-refractivity contribution in [3.8, 4) is 5.88 Å². The Hall–Kier alpha value is -1.01. The van der Waals surface area contributed by atoms with Crippen molar-refractivity contribution in [2.45, 2.75) is 49.2 Å². The highest BCUT2D eigenvalue weighted by atomic mass is 32.2. The Bertz CT molecular complexity index is 511. The SMILES string of the molecule is CCOc1cc(=O)n2c(n1)SC(C1CCCCN1)C2. The van der Waals surface area contributed by atoms with Crippen LogP contribution in [0.3, 0.4) is 0 Å². The summed E-state index contributed by atoms with van der Waals surface area (Å²) in [6.07, 6.45) is 3.73. The van der Waals surface area contributed by atoms with E-state index >= 15 is 0 Å². The van der Waals surface area contributed by atoms with Crippen LogP contribution in [0.4, 0.5) is 0 Å². The third-order valence-electron chi connectivity index (χ3n) is 3.66. The van der Waals surface area contributed by atoms with E-state index in [2.05, 4.69) is 10.3 Å². The molecular weight excluding hydrogens is 262 g/mol. The molecule has 19 heavy (non-hydrogen) atoms. The maximum atomic E-state index is 12.0. The molecule has 5 nitrogen and oxygen atoms in total. The first-order valence-electron chi connectivity index (χ1n) is 6.92. The Labute approximate surface area is 116 Å². The highest BCUT2D eigenvalue weighted by Crippen LogP contribution is 2.34. The Morgan fingerprint density at radius 1 is 1.58 bits per heavy atom.